The molecule has 0 aliphatic rings. The number of nitro benzene ring substituents is 1. The van der Waals surface area contributed by atoms with Gasteiger partial charge in [0.15, 0.2) is 11.9 Å². The number of nitrogens with one attached hydrogen (secondary N) is 1. The second-order valence-electron chi connectivity index (χ2n) is 4.69. The van der Waals surface area contributed by atoms with Gasteiger partial charge in [-0.25, -0.2) is 0 Å². The molecule has 6 heteroatoms. The SMILES string of the molecule is C[C@@H](Oc1ccccc1[N+](=O)[O-])C(=O)NCc1ccccc1. The Morgan fingerprint density at radius 2 is 1.82 bits per heavy atom. The molecule has 114 valence electrons. The predicted octanol–water partition coefficient (Wildman–Crippen LogP) is 2.68. The van der Waals surface area contributed by atoms with Crippen molar-refractivity contribution >= 4 is 11.6 Å². The fourth-order valence-electron chi connectivity index (χ4n) is 1.88. The summed E-state index contributed by atoms with van der Waals surface area (Å²) in [5.74, 6) is -0.253. The van der Waals surface area contributed by atoms with Crippen LogP contribution in [0.15, 0.2) is 54.6 Å². The van der Waals surface area contributed by atoms with E-state index < -0.39 is 11.0 Å². The molecule has 0 spiro atoms. The molecular weight excluding hydrogens is 284 g/mol. The minimum atomic E-state index is -0.829. The Kier molecular flexibility index (Phi) is 5.08. The lowest BCUT2D eigenvalue weighted by Gasteiger charge is -2.14. The zero-order chi connectivity index (χ0) is 15.9. The first-order valence-electron chi connectivity index (χ1n) is 6.79. The largest absolute Gasteiger partial charge is 0.474 e. The molecule has 2 aromatic rings. The number of nitro groups is 1. The van der Waals surface area contributed by atoms with E-state index in [0.717, 1.165) is 5.56 Å². The molecule has 2 aromatic carbocycles. The van der Waals surface area contributed by atoms with Crippen LogP contribution in [0, 0.1) is 10.1 Å². The number of hydrogen-bond donors (Lipinski definition) is 1. The molecule has 1 N–H and O–H groups in total. The highest BCUT2D eigenvalue weighted by Crippen LogP contribution is 2.26. The Bertz CT molecular complexity index is 658. The molecule has 22 heavy (non-hydrogen) atoms. The van der Waals surface area contributed by atoms with Gasteiger partial charge in [-0.1, -0.05) is 42.5 Å². The summed E-state index contributed by atoms with van der Waals surface area (Å²) < 4.78 is 5.40. The van der Waals surface area contributed by atoms with Crippen molar-refractivity contribution in [3.63, 3.8) is 0 Å². The zero-order valence-corrected chi connectivity index (χ0v) is 12.1. The van der Waals surface area contributed by atoms with Crippen LogP contribution in [-0.4, -0.2) is 16.9 Å². The Hall–Kier alpha value is -2.89. The van der Waals surface area contributed by atoms with Crippen LogP contribution >= 0.6 is 0 Å². The van der Waals surface area contributed by atoms with Gasteiger partial charge in [-0.05, 0) is 18.6 Å². The van der Waals surface area contributed by atoms with Gasteiger partial charge in [0.1, 0.15) is 0 Å². The van der Waals surface area contributed by atoms with E-state index in [1.165, 1.54) is 12.1 Å². The fourth-order valence-corrected chi connectivity index (χ4v) is 1.88. The molecule has 0 radical (unpaired) electrons. The van der Waals surface area contributed by atoms with Gasteiger partial charge in [-0.2, -0.15) is 0 Å². The lowest BCUT2D eigenvalue weighted by molar-refractivity contribution is -0.386. The molecule has 0 heterocycles. The quantitative estimate of drug-likeness (QED) is 0.657. The average molecular weight is 300 g/mol. The number of rotatable bonds is 6. The molecule has 1 amide bonds. The summed E-state index contributed by atoms with van der Waals surface area (Å²) in [5.41, 5.74) is 0.805. The molecule has 6 nitrogen and oxygen atoms in total. The van der Waals surface area contributed by atoms with E-state index in [0.29, 0.717) is 6.54 Å². The van der Waals surface area contributed by atoms with Crippen molar-refractivity contribution in [2.75, 3.05) is 0 Å². The average Bonchev–Trinajstić information content (AvgIpc) is 2.53. The van der Waals surface area contributed by atoms with Crippen LogP contribution in [-0.2, 0) is 11.3 Å². The fraction of sp³-hybridized carbons (Fsp3) is 0.188. The maximum atomic E-state index is 12.0. The summed E-state index contributed by atoms with van der Waals surface area (Å²) in [6, 6.07) is 15.4. The lowest BCUT2D eigenvalue weighted by atomic mass is 10.2. The Labute approximate surface area is 127 Å². The first kappa shape index (κ1) is 15.5. The molecule has 0 unspecified atom stereocenters. The van der Waals surface area contributed by atoms with Crippen LogP contribution in [0.4, 0.5) is 5.69 Å². The molecule has 1 atom stereocenters. The Morgan fingerprint density at radius 3 is 2.50 bits per heavy atom. The standard InChI is InChI=1S/C16H16N2O4/c1-12(16(19)17-11-13-7-3-2-4-8-13)22-15-10-6-5-9-14(15)18(20)21/h2-10,12H,11H2,1H3,(H,17,19)/t12-/m1/s1. The van der Waals surface area contributed by atoms with E-state index in [9.17, 15) is 14.9 Å². The number of amides is 1. The summed E-state index contributed by atoms with van der Waals surface area (Å²) >= 11 is 0. The molecule has 0 fully saturated rings. The number of nitrogens with zero attached hydrogens (tertiary/aromatic N) is 1. The molecule has 0 bridgehead atoms. The molecule has 0 saturated carbocycles. The second-order valence-corrected chi connectivity index (χ2v) is 4.69. The maximum absolute atomic E-state index is 12.0. The monoisotopic (exact) mass is 300 g/mol. The topological polar surface area (TPSA) is 81.5 Å². The molecule has 0 aromatic heterocycles. The number of para-hydroxylation sites is 2. The van der Waals surface area contributed by atoms with E-state index in [-0.39, 0.29) is 17.3 Å². The van der Waals surface area contributed by atoms with E-state index in [1.54, 1.807) is 19.1 Å². The van der Waals surface area contributed by atoms with Crippen molar-refractivity contribution in [3.05, 3.63) is 70.3 Å². The van der Waals surface area contributed by atoms with E-state index in [1.807, 2.05) is 30.3 Å². The van der Waals surface area contributed by atoms with Crippen LogP contribution in [0.3, 0.4) is 0 Å². The molecule has 0 aliphatic heterocycles. The van der Waals surface area contributed by atoms with Crippen LogP contribution in [0.2, 0.25) is 0 Å². The second kappa shape index (κ2) is 7.21. The van der Waals surface area contributed by atoms with Crippen molar-refractivity contribution in [1.82, 2.24) is 5.32 Å². The van der Waals surface area contributed by atoms with Gasteiger partial charge in [0.2, 0.25) is 0 Å². The van der Waals surface area contributed by atoms with Gasteiger partial charge in [0.05, 0.1) is 4.92 Å². The van der Waals surface area contributed by atoms with Crippen LogP contribution in [0.25, 0.3) is 0 Å². The lowest BCUT2D eigenvalue weighted by Crippen LogP contribution is -2.36. The predicted molar refractivity (Wildman–Crippen MR) is 81.5 cm³/mol. The molecule has 0 aliphatic carbocycles. The molecule has 0 saturated heterocycles. The summed E-state index contributed by atoms with van der Waals surface area (Å²) in [6.07, 6.45) is -0.829. The Balaban J connectivity index is 1.96. The maximum Gasteiger partial charge on any atom is 0.310 e. The van der Waals surface area contributed by atoms with Gasteiger partial charge in [0, 0.05) is 12.6 Å². The minimum absolute atomic E-state index is 0.0786. The normalized spacial score (nSPS) is 11.5. The number of hydrogen-bond acceptors (Lipinski definition) is 4. The number of benzene rings is 2. The van der Waals surface area contributed by atoms with E-state index in [2.05, 4.69) is 5.32 Å². The van der Waals surface area contributed by atoms with E-state index >= 15 is 0 Å². The van der Waals surface area contributed by atoms with Crippen molar-refractivity contribution in [3.8, 4) is 5.75 Å². The van der Waals surface area contributed by atoms with Gasteiger partial charge >= 0.3 is 5.69 Å². The van der Waals surface area contributed by atoms with E-state index in [4.69, 9.17) is 4.74 Å². The first-order valence-corrected chi connectivity index (χ1v) is 6.79. The molecular formula is C16H16N2O4. The van der Waals surface area contributed by atoms with Crippen molar-refractivity contribution in [2.45, 2.75) is 19.6 Å². The smallest absolute Gasteiger partial charge is 0.310 e. The first-order chi connectivity index (χ1) is 10.6. The van der Waals surface area contributed by atoms with Crippen LogP contribution in [0.1, 0.15) is 12.5 Å². The van der Waals surface area contributed by atoms with Crippen LogP contribution in [0.5, 0.6) is 5.75 Å². The number of carbonyl (C=O) groups is 1. The molecule has 2 rings (SSSR count). The highest BCUT2D eigenvalue weighted by Gasteiger charge is 2.20. The summed E-state index contributed by atoms with van der Waals surface area (Å²) in [4.78, 5) is 22.4. The van der Waals surface area contributed by atoms with Gasteiger partial charge in [-0.15, -0.1) is 0 Å². The third kappa shape index (κ3) is 4.05. The van der Waals surface area contributed by atoms with Crippen molar-refractivity contribution < 1.29 is 14.5 Å². The highest BCUT2D eigenvalue weighted by atomic mass is 16.6. The van der Waals surface area contributed by atoms with Gasteiger partial charge in [-0.3, -0.25) is 14.9 Å². The summed E-state index contributed by atoms with van der Waals surface area (Å²) in [7, 11) is 0. The van der Waals surface area contributed by atoms with Crippen LogP contribution < -0.4 is 10.1 Å². The minimum Gasteiger partial charge on any atom is -0.474 e. The number of ether oxygens (including phenoxy) is 1. The zero-order valence-electron chi connectivity index (χ0n) is 12.1. The summed E-state index contributed by atoms with van der Waals surface area (Å²) in [6.45, 7) is 1.93. The van der Waals surface area contributed by atoms with Gasteiger partial charge in [0.25, 0.3) is 5.91 Å². The summed E-state index contributed by atoms with van der Waals surface area (Å²) in [5, 5.41) is 13.6. The highest BCUT2D eigenvalue weighted by molar-refractivity contribution is 5.80. The van der Waals surface area contributed by atoms with Crippen molar-refractivity contribution in [2.24, 2.45) is 0 Å². The van der Waals surface area contributed by atoms with Gasteiger partial charge < -0.3 is 10.1 Å². The van der Waals surface area contributed by atoms with Crippen molar-refractivity contribution in [1.29, 1.82) is 0 Å². The number of carbonyl (C=O) groups excluding carboxylic acids is 1. The third-order valence-electron chi connectivity index (χ3n) is 3.04. The Morgan fingerprint density at radius 1 is 1.18 bits per heavy atom. The third-order valence-corrected chi connectivity index (χ3v) is 3.04.